The van der Waals surface area contributed by atoms with Crippen LogP contribution in [-0.2, 0) is 9.59 Å². The van der Waals surface area contributed by atoms with Gasteiger partial charge < -0.3 is 10.2 Å². The molecule has 0 saturated heterocycles. The first-order valence-corrected chi connectivity index (χ1v) is 9.66. The van der Waals surface area contributed by atoms with Crippen LogP contribution in [0.4, 0.5) is 21.5 Å². The molecule has 4 rings (SSSR count). The van der Waals surface area contributed by atoms with Gasteiger partial charge in [-0.2, -0.15) is 0 Å². The number of aliphatic imine (C=N–C) groups is 1. The van der Waals surface area contributed by atoms with E-state index in [0.717, 1.165) is 11.6 Å². The van der Waals surface area contributed by atoms with Gasteiger partial charge >= 0.3 is 0 Å². The minimum Gasteiger partial charge on any atom is -0.322 e. The van der Waals surface area contributed by atoms with Crippen molar-refractivity contribution in [3.63, 3.8) is 0 Å². The number of nitrogens with zero attached hydrogens (tertiary/aromatic N) is 2. The first-order valence-electron chi connectivity index (χ1n) is 9.28. The molecule has 1 aliphatic rings. The topological polar surface area (TPSA) is 61.8 Å². The number of carbonyl (C=O) groups is 2. The van der Waals surface area contributed by atoms with Gasteiger partial charge in [-0.15, -0.1) is 0 Å². The molecule has 150 valence electrons. The van der Waals surface area contributed by atoms with Gasteiger partial charge in [0.25, 0.3) is 0 Å². The molecule has 1 N–H and O–H groups in total. The van der Waals surface area contributed by atoms with Crippen LogP contribution >= 0.6 is 11.6 Å². The fourth-order valence-corrected chi connectivity index (χ4v) is 3.40. The normalized spacial score (nSPS) is 13.3. The average molecular weight is 422 g/mol. The molecule has 0 bridgehead atoms. The van der Waals surface area contributed by atoms with Gasteiger partial charge in [-0.05, 0) is 35.9 Å². The molecule has 7 heteroatoms. The molecule has 0 aliphatic carbocycles. The third-order valence-electron chi connectivity index (χ3n) is 4.66. The number of hydrogen-bond acceptors (Lipinski definition) is 3. The highest BCUT2D eigenvalue weighted by Crippen LogP contribution is 2.33. The van der Waals surface area contributed by atoms with E-state index in [1.165, 1.54) is 17.0 Å². The minimum atomic E-state index is -0.645. The summed E-state index contributed by atoms with van der Waals surface area (Å²) in [5, 5.41) is 2.72. The van der Waals surface area contributed by atoms with Gasteiger partial charge in [-0.1, -0.05) is 54.1 Å². The first kappa shape index (κ1) is 19.8. The monoisotopic (exact) mass is 421 g/mol. The molecule has 0 unspecified atom stereocenters. The lowest BCUT2D eigenvalue weighted by atomic mass is 10.1. The van der Waals surface area contributed by atoms with Crippen molar-refractivity contribution in [2.24, 2.45) is 4.99 Å². The molecule has 0 atom stereocenters. The Kier molecular flexibility index (Phi) is 5.59. The van der Waals surface area contributed by atoms with Crippen molar-refractivity contribution in [2.75, 3.05) is 16.8 Å². The van der Waals surface area contributed by atoms with Crippen LogP contribution in [0.15, 0.2) is 77.8 Å². The van der Waals surface area contributed by atoms with Gasteiger partial charge in [-0.3, -0.25) is 14.6 Å². The predicted molar refractivity (Wildman–Crippen MR) is 116 cm³/mol. The maximum atomic E-state index is 14.0. The Labute approximate surface area is 177 Å². The van der Waals surface area contributed by atoms with Gasteiger partial charge in [0, 0.05) is 5.02 Å². The van der Waals surface area contributed by atoms with Crippen molar-refractivity contribution < 1.29 is 14.0 Å². The lowest BCUT2D eigenvalue weighted by molar-refractivity contribution is -0.120. The molecule has 0 radical (unpaired) electrons. The minimum absolute atomic E-state index is 0.00109. The highest BCUT2D eigenvalue weighted by molar-refractivity contribution is 6.30. The molecule has 2 amide bonds. The molecule has 5 nitrogen and oxygen atoms in total. The van der Waals surface area contributed by atoms with Crippen LogP contribution in [0, 0.1) is 5.82 Å². The number of anilines is 2. The number of fused-ring (bicyclic) bond motifs is 1. The number of nitrogens with one attached hydrogen (secondary N) is 1. The maximum absolute atomic E-state index is 14.0. The summed E-state index contributed by atoms with van der Waals surface area (Å²) in [6.45, 7) is -0.268. The standard InChI is InChI=1S/C23H17ClFN3O2/c24-16-10-11-18(17(25)12-16)27-22(29)14-28-21-9-5-4-8-19(21)26-20(13-23(28)30)15-6-2-1-3-7-15/h1-12H,13-14H2,(H,27,29). The van der Waals surface area contributed by atoms with Crippen molar-refractivity contribution in [1.82, 2.24) is 0 Å². The summed E-state index contributed by atoms with van der Waals surface area (Å²) in [4.78, 5) is 31.7. The summed E-state index contributed by atoms with van der Waals surface area (Å²) < 4.78 is 14.0. The molecular weight excluding hydrogens is 405 g/mol. The SMILES string of the molecule is O=C(CN1C(=O)CC(c2ccccc2)=Nc2ccccc21)Nc1ccc(Cl)cc1F. The predicted octanol–water partition coefficient (Wildman–Crippen LogP) is 4.98. The van der Waals surface area contributed by atoms with Crippen LogP contribution in [0.5, 0.6) is 0 Å². The fraction of sp³-hybridized carbons (Fsp3) is 0.0870. The average Bonchev–Trinajstić information content (AvgIpc) is 2.88. The third kappa shape index (κ3) is 4.23. The molecule has 0 aromatic heterocycles. The number of hydrogen-bond donors (Lipinski definition) is 1. The summed E-state index contributed by atoms with van der Waals surface area (Å²) in [6, 6.07) is 20.5. The van der Waals surface area contributed by atoms with Gasteiger partial charge in [0.15, 0.2) is 0 Å². The van der Waals surface area contributed by atoms with Gasteiger partial charge in [0.05, 0.1) is 29.2 Å². The van der Waals surface area contributed by atoms with Crippen molar-refractivity contribution in [2.45, 2.75) is 6.42 Å². The maximum Gasteiger partial charge on any atom is 0.244 e. The molecule has 1 aliphatic heterocycles. The molecular formula is C23H17ClFN3O2. The first-order chi connectivity index (χ1) is 14.5. The van der Waals surface area contributed by atoms with E-state index in [4.69, 9.17) is 11.6 Å². The molecule has 30 heavy (non-hydrogen) atoms. The van der Waals surface area contributed by atoms with Gasteiger partial charge in [-0.25, -0.2) is 4.39 Å². The van der Waals surface area contributed by atoms with E-state index < -0.39 is 11.7 Å². The number of amides is 2. The van der Waals surface area contributed by atoms with E-state index in [2.05, 4.69) is 10.3 Å². The van der Waals surface area contributed by atoms with Crippen LogP contribution in [0.25, 0.3) is 0 Å². The largest absolute Gasteiger partial charge is 0.322 e. The molecule has 0 spiro atoms. The summed E-state index contributed by atoms with van der Waals surface area (Å²) in [5.41, 5.74) is 2.59. The highest BCUT2D eigenvalue weighted by Gasteiger charge is 2.26. The molecule has 3 aromatic rings. The Morgan fingerprint density at radius 1 is 1.07 bits per heavy atom. The number of carbonyl (C=O) groups excluding carboxylic acids is 2. The summed E-state index contributed by atoms with van der Waals surface area (Å²) in [6.07, 6.45) is 0.0429. The zero-order valence-electron chi connectivity index (χ0n) is 15.8. The summed E-state index contributed by atoms with van der Waals surface area (Å²) in [7, 11) is 0. The smallest absolute Gasteiger partial charge is 0.244 e. The number of benzene rings is 3. The van der Waals surface area contributed by atoms with E-state index in [1.54, 1.807) is 18.2 Å². The zero-order valence-corrected chi connectivity index (χ0v) is 16.6. The second-order valence-corrected chi connectivity index (χ2v) is 7.18. The van der Waals surface area contributed by atoms with Gasteiger partial charge in [0.1, 0.15) is 12.4 Å². The van der Waals surface area contributed by atoms with Crippen molar-refractivity contribution >= 4 is 46.2 Å². The van der Waals surface area contributed by atoms with E-state index in [9.17, 15) is 14.0 Å². The van der Waals surface area contributed by atoms with Crippen LogP contribution in [-0.4, -0.2) is 24.1 Å². The van der Waals surface area contributed by atoms with Crippen LogP contribution < -0.4 is 10.2 Å². The molecule has 0 fully saturated rings. The fourth-order valence-electron chi connectivity index (χ4n) is 3.24. The van der Waals surface area contributed by atoms with E-state index in [-0.39, 0.29) is 29.6 Å². The summed E-state index contributed by atoms with van der Waals surface area (Å²) in [5.74, 6) is -1.44. The number of halogens is 2. The van der Waals surface area contributed by atoms with Crippen LogP contribution in [0.2, 0.25) is 5.02 Å². The second kappa shape index (κ2) is 8.47. The van der Waals surface area contributed by atoms with Crippen molar-refractivity contribution in [3.05, 3.63) is 89.2 Å². The molecule has 1 heterocycles. The lowest BCUT2D eigenvalue weighted by Gasteiger charge is -2.22. The molecule has 3 aromatic carbocycles. The van der Waals surface area contributed by atoms with E-state index in [1.807, 2.05) is 36.4 Å². The Morgan fingerprint density at radius 3 is 2.57 bits per heavy atom. The van der Waals surface area contributed by atoms with E-state index >= 15 is 0 Å². The van der Waals surface area contributed by atoms with Gasteiger partial charge in [0.2, 0.25) is 11.8 Å². The second-order valence-electron chi connectivity index (χ2n) is 6.74. The van der Waals surface area contributed by atoms with Crippen molar-refractivity contribution in [3.8, 4) is 0 Å². The lowest BCUT2D eigenvalue weighted by Crippen LogP contribution is -2.38. The van der Waals surface area contributed by atoms with Crippen molar-refractivity contribution in [1.29, 1.82) is 0 Å². The highest BCUT2D eigenvalue weighted by atomic mass is 35.5. The van der Waals surface area contributed by atoms with E-state index in [0.29, 0.717) is 17.1 Å². The van der Waals surface area contributed by atoms with Crippen LogP contribution in [0.1, 0.15) is 12.0 Å². The number of rotatable bonds is 4. The summed E-state index contributed by atoms with van der Waals surface area (Å²) >= 11 is 5.75. The molecule has 0 saturated carbocycles. The Morgan fingerprint density at radius 2 is 1.80 bits per heavy atom. The Hall–Kier alpha value is -3.51. The Balaban J connectivity index is 1.60. The quantitative estimate of drug-likeness (QED) is 0.646. The number of para-hydroxylation sites is 2. The third-order valence-corrected chi connectivity index (χ3v) is 4.90. The zero-order chi connectivity index (χ0) is 21.1. The van der Waals surface area contributed by atoms with Crippen LogP contribution in [0.3, 0.4) is 0 Å². The Bertz CT molecular complexity index is 1150.